The van der Waals surface area contributed by atoms with Gasteiger partial charge in [-0.1, -0.05) is 25.4 Å². The number of hydrogen-bond acceptors (Lipinski definition) is 2. The zero-order valence-electron chi connectivity index (χ0n) is 10.2. The van der Waals surface area contributed by atoms with E-state index in [1.54, 1.807) is 12.1 Å². The van der Waals surface area contributed by atoms with Gasteiger partial charge in [0, 0.05) is 16.0 Å². The Morgan fingerprint density at radius 3 is 2.41 bits per heavy atom. The molecule has 4 heteroatoms. The molecule has 1 saturated carbocycles. The summed E-state index contributed by atoms with van der Waals surface area (Å²) >= 11 is 5.83. The lowest BCUT2D eigenvalue weighted by Crippen LogP contribution is -2.41. The van der Waals surface area contributed by atoms with Crippen molar-refractivity contribution in [2.45, 2.75) is 42.9 Å². The number of hydrogen-bond donors (Lipinski definition) is 1. The van der Waals surface area contributed by atoms with Gasteiger partial charge in [-0.05, 0) is 42.5 Å². The molecule has 0 amide bonds. The highest BCUT2D eigenvalue weighted by Gasteiger charge is 2.42. The first-order valence-corrected chi connectivity index (χ1v) is 7.42. The van der Waals surface area contributed by atoms with Gasteiger partial charge in [0.1, 0.15) is 0 Å². The van der Waals surface area contributed by atoms with Gasteiger partial charge in [-0.3, -0.25) is 4.21 Å². The molecule has 17 heavy (non-hydrogen) atoms. The molecule has 0 aromatic heterocycles. The number of halogens is 1. The lowest BCUT2D eigenvalue weighted by molar-refractivity contribution is 0.334. The van der Waals surface area contributed by atoms with Gasteiger partial charge in [0.05, 0.1) is 16.0 Å². The van der Waals surface area contributed by atoms with E-state index in [9.17, 15) is 4.21 Å². The fraction of sp³-hybridized carbons (Fsp3) is 0.538. The van der Waals surface area contributed by atoms with Crippen molar-refractivity contribution in [3.05, 3.63) is 29.3 Å². The maximum atomic E-state index is 12.4. The standard InChI is InChI=1S/C13H18ClNOS/c1-13(2)8-7-11(12(13)15)17(16)10-5-3-9(14)4-6-10/h3-6,11-12H,7-8,15H2,1-2H3. The molecule has 0 spiro atoms. The van der Waals surface area contributed by atoms with Crippen LogP contribution in [0.25, 0.3) is 0 Å². The zero-order valence-corrected chi connectivity index (χ0v) is 11.7. The first-order chi connectivity index (χ1) is 7.92. The molecule has 0 saturated heterocycles. The summed E-state index contributed by atoms with van der Waals surface area (Å²) in [5, 5.41) is 0.730. The highest BCUT2D eigenvalue weighted by atomic mass is 35.5. The predicted octanol–water partition coefficient (Wildman–Crippen LogP) is 2.96. The normalized spacial score (nSPS) is 29.2. The van der Waals surface area contributed by atoms with Crippen molar-refractivity contribution < 1.29 is 4.21 Å². The predicted molar refractivity (Wildman–Crippen MR) is 72.6 cm³/mol. The molecule has 2 nitrogen and oxygen atoms in total. The van der Waals surface area contributed by atoms with Gasteiger partial charge < -0.3 is 5.73 Å². The molecule has 1 aliphatic rings. The van der Waals surface area contributed by atoms with Crippen LogP contribution >= 0.6 is 11.6 Å². The van der Waals surface area contributed by atoms with Crippen molar-refractivity contribution in [3.63, 3.8) is 0 Å². The van der Waals surface area contributed by atoms with Crippen LogP contribution in [0.4, 0.5) is 0 Å². The van der Waals surface area contributed by atoms with E-state index in [1.807, 2.05) is 12.1 Å². The number of nitrogens with two attached hydrogens (primary N) is 1. The molecule has 1 fully saturated rings. The van der Waals surface area contributed by atoms with E-state index >= 15 is 0 Å². The molecular formula is C13H18ClNOS. The van der Waals surface area contributed by atoms with Crippen molar-refractivity contribution >= 4 is 22.4 Å². The highest BCUT2D eigenvalue weighted by Crippen LogP contribution is 2.39. The van der Waals surface area contributed by atoms with Crippen molar-refractivity contribution in [2.75, 3.05) is 0 Å². The summed E-state index contributed by atoms with van der Waals surface area (Å²) in [4.78, 5) is 0.826. The first-order valence-electron chi connectivity index (χ1n) is 5.83. The van der Waals surface area contributed by atoms with Crippen LogP contribution in [0.15, 0.2) is 29.2 Å². The summed E-state index contributed by atoms with van der Waals surface area (Å²) in [5.74, 6) is 0. The molecule has 1 aromatic carbocycles. The van der Waals surface area contributed by atoms with Gasteiger partial charge in [-0.25, -0.2) is 0 Å². The number of benzene rings is 1. The monoisotopic (exact) mass is 271 g/mol. The van der Waals surface area contributed by atoms with Crippen LogP contribution in [0.5, 0.6) is 0 Å². The van der Waals surface area contributed by atoms with E-state index < -0.39 is 10.8 Å². The Morgan fingerprint density at radius 1 is 1.35 bits per heavy atom. The van der Waals surface area contributed by atoms with Gasteiger partial charge in [0.25, 0.3) is 0 Å². The molecule has 3 atom stereocenters. The van der Waals surface area contributed by atoms with Gasteiger partial charge in [0.15, 0.2) is 0 Å². The number of rotatable bonds is 2. The van der Waals surface area contributed by atoms with Crippen LogP contribution < -0.4 is 5.73 Å². The summed E-state index contributed by atoms with van der Waals surface area (Å²) in [6, 6.07) is 7.22. The molecule has 0 aliphatic heterocycles. The third-order valence-corrected chi connectivity index (χ3v) is 5.76. The second-order valence-corrected chi connectivity index (χ2v) is 7.45. The largest absolute Gasteiger partial charge is 0.326 e. The maximum Gasteiger partial charge on any atom is 0.0576 e. The van der Waals surface area contributed by atoms with E-state index in [-0.39, 0.29) is 16.7 Å². The zero-order chi connectivity index (χ0) is 12.6. The van der Waals surface area contributed by atoms with Crippen molar-refractivity contribution in [2.24, 2.45) is 11.1 Å². The Balaban J connectivity index is 2.19. The lowest BCUT2D eigenvalue weighted by atomic mass is 9.88. The minimum atomic E-state index is -1.03. The van der Waals surface area contributed by atoms with Crippen molar-refractivity contribution in [3.8, 4) is 0 Å². The van der Waals surface area contributed by atoms with Crippen LogP contribution in [0.1, 0.15) is 26.7 Å². The summed E-state index contributed by atoms with van der Waals surface area (Å²) in [5.41, 5.74) is 6.30. The molecule has 3 unspecified atom stereocenters. The van der Waals surface area contributed by atoms with Crippen LogP contribution in [0.3, 0.4) is 0 Å². The van der Waals surface area contributed by atoms with Crippen molar-refractivity contribution in [1.29, 1.82) is 0 Å². The average Bonchev–Trinajstić information content (AvgIpc) is 2.55. The fourth-order valence-electron chi connectivity index (χ4n) is 2.35. The molecule has 2 N–H and O–H groups in total. The molecule has 0 radical (unpaired) electrons. The quantitative estimate of drug-likeness (QED) is 0.899. The molecular weight excluding hydrogens is 254 g/mol. The Kier molecular flexibility index (Phi) is 3.62. The molecule has 0 heterocycles. The second kappa shape index (κ2) is 4.71. The minimum Gasteiger partial charge on any atom is -0.326 e. The molecule has 1 aromatic rings. The van der Waals surface area contributed by atoms with E-state index in [1.165, 1.54) is 0 Å². The van der Waals surface area contributed by atoms with E-state index in [0.717, 1.165) is 17.7 Å². The molecule has 0 bridgehead atoms. The molecule has 94 valence electrons. The third kappa shape index (κ3) is 2.56. The fourth-order valence-corrected chi connectivity index (χ4v) is 4.19. The van der Waals surface area contributed by atoms with Crippen LogP contribution in [0, 0.1) is 5.41 Å². The SMILES string of the molecule is CC1(C)CCC(S(=O)c2ccc(Cl)cc2)C1N. The second-order valence-electron chi connectivity index (χ2n) is 5.34. The minimum absolute atomic E-state index is 0.000915. The summed E-state index contributed by atoms with van der Waals surface area (Å²) in [6.45, 7) is 4.30. The van der Waals surface area contributed by atoms with Gasteiger partial charge in [-0.2, -0.15) is 0 Å². The van der Waals surface area contributed by atoms with E-state index in [4.69, 9.17) is 17.3 Å². The van der Waals surface area contributed by atoms with Crippen LogP contribution in [-0.4, -0.2) is 15.5 Å². The maximum absolute atomic E-state index is 12.4. The highest BCUT2D eigenvalue weighted by molar-refractivity contribution is 7.85. The summed E-state index contributed by atoms with van der Waals surface area (Å²) in [6.07, 6.45) is 1.97. The topological polar surface area (TPSA) is 43.1 Å². The molecule has 2 rings (SSSR count). The van der Waals surface area contributed by atoms with Gasteiger partial charge in [0.2, 0.25) is 0 Å². The Morgan fingerprint density at radius 2 is 1.94 bits per heavy atom. The Labute approximate surface area is 110 Å². The van der Waals surface area contributed by atoms with Crippen LogP contribution in [0.2, 0.25) is 5.02 Å². The smallest absolute Gasteiger partial charge is 0.0576 e. The van der Waals surface area contributed by atoms with Crippen LogP contribution in [-0.2, 0) is 10.8 Å². The van der Waals surface area contributed by atoms with Gasteiger partial charge >= 0.3 is 0 Å². The van der Waals surface area contributed by atoms with Crippen molar-refractivity contribution in [1.82, 2.24) is 0 Å². The third-order valence-electron chi connectivity index (χ3n) is 3.70. The molecule has 1 aliphatic carbocycles. The summed E-state index contributed by atoms with van der Waals surface area (Å²) in [7, 11) is -1.03. The lowest BCUT2D eigenvalue weighted by Gasteiger charge is -2.26. The first kappa shape index (κ1) is 13.1. The Hall–Kier alpha value is -0.380. The van der Waals surface area contributed by atoms with Gasteiger partial charge in [-0.15, -0.1) is 0 Å². The summed E-state index contributed by atoms with van der Waals surface area (Å²) < 4.78 is 12.4. The average molecular weight is 272 g/mol. The Bertz CT molecular complexity index is 430. The van der Waals surface area contributed by atoms with E-state index in [0.29, 0.717) is 5.02 Å². The van der Waals surface area contributed by atoms with E-state index in [2.05, 4.69) is 13.8 Å².